The number of rotatable bonds is 5. The maximum Gasteiger partial charge on any atom is 0.250 e. The summed E-state index contributed by atoms with van der Waals surface area (Å²) in [5.41, 5.74) is 0. The highest BCUT2D eigenvalue weighted by Crippen LogP contribution is 2.14. The smallest absolute Gasteiger partial charge is 0.250 e. The minimum atomic E-state index is -3.54. The van der Waals surface area contributed by atoms with Crippen molar-refractivity contribution in [2.75, 3.05) is 6.54 Å². The minimum absolute atomic E-state index is 0.150. The van der Waals surface area contributed by atoms with Crippen LogP contribution >= 0.6 is 11.3 Å². The van der Waals surface area contributed by atoms with Gasteiger partial charge in [0.15, 0.2) is 0 Å². The van der Waals surface area contributed by atoms with Gasteiger partial charge in [0.1, 0.15) is 4.21 Å². The van der Waals surface area contributed by atoms with Crippen molar-refractivity contribution in [3.05, 3.63) is 17.5 Å². The lowest BCUT2D eigenvalue weighted by atomic mass is 10.5. The van der Waals surface area contributed by atoms with E-state index in [1.165, 1.54) is 6.07 Å². The highest BCUT2D eigenvalue weighted by atomic mass is 32.2. The molecule has 0 aromatic carbocycles. The summed E-state index contributed by atoms with van der Waals surface area (Å²) in [6.07, 6.45) is -0.329. The molecule has 1 heterocycles. The summed E-state index contributed by atoms with van der Waals surface area (Å²) in [5, 5.41) is 11.7. The third kappa shape index (κ3) is 3.09. The van der Waals surface area contributed by atoms with Crippen molar-refractivity contribution >= 4 is 27.3 Å². The second-order valence-electron chi connectivity index (χ2n) is 2.45. The van der Waals surface area contributed by atoms with E-state index in [0.29, 0.717) is 0 Å². The van der Waals surface area contributed by atoms with Crippen molar-refractivity contribution in [1.82, 2.24) is 4.72 Å². The molecule has 7 heteroatoms. The van der Waals surface area contributed by atoms with Crippen LogP contribution in [0, 0.1) is 0 Å². The van der Waals surface area contributed by atoms with Crippen molar-refractivity contribution in [2.45, 2.75) is 10.6 Å². The largest absolute Gasteiger partial charge is 0.550 e. The molecule has 1 N–H and O–H groups in total. The Balaban J connectivity index is 2.56. The minimum Gasteiger partial charge on any atom is -0.550 e. The Hall–Kier alpha value is -0.920. The highest BCUT2D eigenvalue weighted by Gasteiger charge is 2.13. The van der Waals surface area contributed by atoms with E-state index >= 15 is 0 Å². The zero-order chi connectivity index (χ0) is 10.6. The summed E-state index contributed by atoms with van der Waals surface area (Å²) in [5.74, 6) is -1.28. The number of hydrogen-bond acceptors (Lipinski definition) is 5. The van der Waals surface area contributed by atoms with Crippen LogP contribution in [0.15, 0.2) is 21.7 Å². The van der Waals surface area contributed by atoms with Crippen LogP contribution in [0.3, 0.4) is 0 Å². The maximum atomic E-state index is 11.4. The van der Waals surface area contributed by atoms with Crippen LogP contribution in [0.1, 0.15) is 6.42 Å². The molecule has 0 aliphatic carbocycles. The SMILES string of the molecule is O=C([O-])CCNS(=O)(=O)c1cccs1. The van der Waals surface area contributed by atoms with Gasteiger partial charge in [-0.25, -0.2) is 13.1 Å². The monoisotopic (exact) mass is 234 g/mol. The Bertz CT molecular complexity index is 395. The van der Waals surface area contributed by atoms with E-state index in [1.54, 1.807) is 11.4 Å². The molecule has 0 amide bonds. The van der Waals surface area contributed by atoms with Gasteiger partial charge in [-0.2, -0.15) is 0 Å². The van der Waals surface area contributed by atoms with Crippen LogP contribution < -0.4 is 9.83 Å². The van der Waals surface area contributed by atoms with Gasteiger partial charge in [-0.3, -0.25) is 0 Å². The average Bonchev–Trinajstić information content (AvgIpc) is 2.54. The molecular formula is C7H8NO4S2-. The lowest BCUT2D eigenvalue weighted by Gasteiger charge is -2.04. The molecule has 0 saturated carbocycles. The maximum absolute atomic E-state index is 11.4. The number of hydrogen-bond donors (Lipinski definition) is 1. The van der Waals surface area contributed by atoms with Gasteiger partial charge in [0.2, 0.25) is 10.0 Å². The highest BCUT2D eigenvalue weighted by molar-refractivity contribution is 7.91. The molecule has 1 aromatic heterocycles. The van der Waals surface area contributed by atoms with E-state index in [-0.39, 0.29) is 17.2 Å². The standard InChI is InChI=1S/C7H9NO4S2/c9-6(10)3-4-8-14(11,12)7-2-1-5-13-7/h1-2,5,8H,3-4H2,(H,9,10)/p-1. The first-order chi connectivity index (χ1) is 6.52. The predicted molar refractivity (Wildman–Crippen MR) is 49.1 cm³/mol. The molecule has 1 aromatic rings. The van der Waals surface area contributed by atoms with Crippen molar-refractivity contribution in [3.63, 3.8) is 0 Å². The molecule has 0 atom stereocenters. The Morgan fingerprint density at radius 3 is 2.79 bits per heavy atom. The quantitative estimate of drug-likeness (QED) is 0.720. The molecular weight excluding hydrogens is 226 g/mol. The molecule has 0 radical (unpaired) electrons. The van der Waals surface area contributed by atoms with Crippen LogP contribution in [-0.4, -0.2) is 20.9 Å². The molecule has 0 saturated heterocycles. The van der Waals surface area contributed by atoms with Gasteiger partial charge in [-0.05, 0) is 11.4 Å². The van der Waals surface area contributed by atoms with E-state index in [0.717, 1.165) is 11.3 Å². The van der Waals surface area contributed by atoms with Crippen LogP contribution in [-0.2, 0) is 14.8 Å². The summed E-state index contributed by atoms with van der Waals surface area (Å²) in [6, 6.07) is 3.06. The molecule has 0 bridgehead atoms. The Morgan fingerprint density at radius 1 is 1.57 bits per heavy atom. The van der Waals surface area contributed by atoms with Gasteiger partial charge < -0.3 is 9.90 Å². The number of nitrogens with one attached hydrogen (secondary N) is 1. The van der Waals surface area contributed by atoms with Gasteiger partial charge in [0, 0.05) is 18.9 Å². The average molecular weight is 234 g/mol. The van der Waals surface area contributed by atoms with Gasteiger partial charge in [-0.1, -0.05) is 6.07 Å². The number of carboxylic acids is 1. The van der Waals surface area contributed by atoms with Crippen LogP contribution in [0.2, 0.25) is 0 Å². The molecule has 0 aliphatic heterocycles. The molecule has 0 unspecified atom stereocenters. The van der Waals surface area contributed by atoms with E-state index < -0.39 is 16.0 Å². The number of carbonyl (C=O) groups excluding carboxylic acids is 1. The number of aliphatic carboxylic acids is 1. The fraction of sp³-hybridized carbons (Fsp3) is 0.286. The van der Waals surface area contributed by atoms with Gasteiger partial charge >= 0.3 is 0 Å². The van der Waals surface area contributed by atoms with Crippen molar-refractivity contribution in [3.8, 4) is 0 Å². The first kappa shape index (κ1) is 11.2. The topological polar surface area (TPSA) is 86.3 Å². The third-order valence-electron chi connectivity index (χ3n) is 1.38. The summed E-state index contributed by atoms with van der Waals surface area (Å²) in [7, 11) is -3.54. The van der Waals surface area contributed by atoms with Crippen LogP contribution in [0.5, 0.6) is 0 Å². The zero-order valence-corrected chi connectivity index (χ0v) is 8.73. The molecule has 1 rings (SSSR count). The number of carboxylic acid groups (broad SMARTS) is 1. The van der Waals surface area contributed by atoms with Crippen molar-refractivity contribution < 1.29 is 18.3 Å². The molecule has 0 spiro atoms. The Morgan fingerprint density at radius 2 is 2.29 bits per heavy atom. The van der Waals surface area contributed by atoms with E-state index in [9.17, 15) is 18.3 Å². The molecule has 0 aliphatic rings. The third-order valence-corrected chi connectivity index (χ3v) is 4.24. The fourth-order valence-corrected chi connectivity index (χ4v) is 2.84. The Kier molecular flexibility index (Phi) is 3.62. The van der Waals surface area contributed by atoms with E-state index in [4.69, 9.17) is 0 Å². The first-order valence-corrected chi connectivity index (χ1v) is 6.11. The van der Waals surface area contributed by atoms with Crippen LogP contribution in [0.4, 0.5) is 0 Å². The number of sulfonamides is 1. The fourth-order valence-electron chi connectivity index (χ4n) is 0.775. The van der Waals surface area contributed by atoms with Gasteiger partial charge in [-0.15, -0.1) is 11.3 Å². The lowest BCUT2D eigenvalue weighted by Crippen LogP contribution is -2.30. The molecule has 14 heavy (non-hydrogen) atoms. The van der Waals surface area contributed by atoms with Crippen LogP contribution in [0.25, 0.3) is 0 Å². The summed E-state index contributed by atoms with van der Waals surface area (Å²) in [4.78, 5) is 10.0. The van der Waals surface area contributed by atoms with Gasteiger partial charge in [0.05, 0.1) is 0 Å². The van der Waals surface area contributed by atoms with Crippen molar-refractivity contribution in [2.24, 2.45) is 0 Å². The summed E-state index contributed by atoms with van der Waals surface area (Å²) in [6.45, 7) is -0.150. The van der Waals surface area contributed by atoms with Crippen molar-refractivity contribution in [1.29, 1.82) is 0 Å². The Labute approximate surface area is 85.4 Å². The van der Waals surface area contributed by atoms with Gasteiger partial charge in [0.25, 0.3) is 0 Å². The van der Waals surface area contributed by atoms with E-state index in [2.05, 4.69) is 4.72 Å². The lowest BCUT2D eigenvalue weighted by molar-refractivity contribution is -0.305. The normalized spacial score (nSPS) is 11.4. The summed E-state index contributed by atoms with van der Waals surface area (Å²) >= 11 is 1.08. The second-order valence-corrected chi connectivity index (χ2v) is 5.39. The summed E-state index contributed by atoms with van der Waals surface area (Å²) < 4.78 is 25.1. The molecule has 78 valence electrons. The molecule has 0 fully saturated rings. The number of thiophene rings is 1. The van der Waals surface area contributed by atoms with E-state index in [1.807, 2.05) is 0 Å². The first-order valence-electron chi connectivity index (χ1n) is 3.75. The number of carbonyl (C=O) groups is 1. The second kappa shape index (κ2) is 4.54. The molecule has 5 nitrogen and oxygen atoms in total. The predicted octanol–water partition coefficient (Wildman–Crippen LogP) is -0.834. The zero-order valence-electron chi connectivity index (χ0n) is 7.10.